The lowest BCUT2D eigenvalue weighted by Crippen LogP contribution is -2.34. The zero-order chi connectivity index (χ0) is 25.3. The highest BCUT2D eigenvalue weighted by Gasteiger charge is 2.21. The van der Waals surface area contributed by atoms with E-state index in [4.69, 9.17) is 0 Å². The fourth-order valence-electron chi connectivity index (χ4n) is 4.90. The van der Waals surface area contributed by atoms with Crippen LogP contribution in [0, 0.1) is 5.92 Å². The minimum Gasteiger partial charge on any atom is -0.371 e. The van der Waals surface area contributed by atoms with Gasteiger partial charge in [-0.3, -0.25) is 9.36 Å². The number of fused-ring (bicyclic) bond motifs is 1. The molecule has 0 spiro atoms. The Morgan fingerprint density at radius 1 is 1.06 bits per heavy atom. The van der Waals surface area contributed by atoms with Crippen molar-refractivity contribution in [3.8, 4) is 0 Å². The van der Waals surface area contributed by atoms with E-state index in [0.29, 0.717) is 17.2 Å². The molecule has 3 aromatic carbocycles. The van der Waals surface area contributed by atoms with Crippen LogP contribution < -0.4 is 14.5 Å². The molecule has 1 aromatic heterocycles. The number of nitrogens with zero attached hydrogens (tertiary/aromatic N) is 2. The van der Waals surface area contributed by atoms with E-state index in [0.717, 1.165) is 41.1 Å². The lowest BCUT2D eigenvalue weighted by Gasteiger charge is -2.33. The van der Waals surface area contributed by atoms with Gasteiger partial charge in [0.25, 0.3) is 0 Å². The standard InChI is InChI=1S/C28H31N3O3S2/c1-20-7-6-16-30(18-20)24-12-10-23(11-13-24)21(2)29-36(33,34)25-14-15-26-27(17-25)35-28(32)31(26)19-22-8-4-3-5-9-22/h3-5,8-15,17,20-21,29H,6-7,16,18-19H2,1-2H3/t20-,21+/m1/s1. The predicted molar refractivity (Wildman–Crippen MR) is 147 cm³/mol. The molecule has 1 saturated heterocycles. The summed E-state index contributed by atoms with van der Waals surface area (Å²) in [6, 6.07) is 22.4. The second kappa shape index (κ2) is 10.2. The maximum absolute atomic E-state index is 13.2. The fourth-order valence-corrected chi connectivity index (χ4v) is 7.16. The maximum atomic E-state index is 13.2. The number of rotatable bonds is 7. The molecule has 6 nitrogen and oxygen atoms in total. The van der Waals surface area contributed by atoms with E-state index in [1.54, 1.807) is 22.8 Å². The molecule has 2 atom stereocenters. The quantitative estimate of drug-likeness (QED) is 0.354. The molecule has 5 rings (SSSR count). The van der Waals surface area contributed by atoms with Crippen LogP contribution >= 0.6 is 11.3 Å². The molecular weight excluding hydrogens is 490 g/mol. The summed E-state index contributed by atoms with van der Waals surface area (Å²) in [5.74, 6) is 0.690. The van der Waals surface area contributed by atoms with Gasteiger partial charge >= 0.3 is 4.87 Å². The topological polar surface area (TPSA) is 71.4 Å². The molecule has 36 heavy (non-hydrogen) atoms. The Morgan fingerprint density at radius 2 is 1.81 bits per heavy atom. The number of piperidine rings is 1. The SMILES string of the molecule is C[C@@H]1CCCN(c2ccc([C@H](C)NS(=O)(=O)c3ccc4c(c3)sc(=O)n4Cc3ccccc3)cc2)C1. The number of hydrogen-bond acceptors (Lipinski definition) is 5. The first-order valence-electron chi connectivity index (χ1n) is 12.3. The number of sulfonamides is 1. The monoisotopic (exact) mass is 521 g/mol. The van der Waals surface area contributed by atoms with Crippen molar-refractivity contribution >= 4 is 37.3 Å². The molecule has 0 bridgehead atoms. The summed E-state index contributed by atoms with van der Waals surface area (Å²) in [7, 11) is -3.76. The molecule has 1 fully saturated rings. The average Bonchev–Trinajstić information content (AvgIpc) is 3.18. The van der Waals surface area contributed by atoms with Gasteiger partial charge in [0.15, 0.2) is 0 Å². The molecule has 188 valence electrons. The normalized spacial score (nSPS) is 17.4. The van der Waals surface area contributed by atoms with Crippen molar-refractivity contribution < 1.29 is 8.42 Å². The number of benzene rings is 3. The second-order valence-corrected chi connectivity index (χ2v) is 12.4. The molecule has 2 heterocycles. The first kappa shape index (κ1) is 24.7. The van der Waals surface area contributed by atoms with Gasteiger partial charge in [0.1, 0.15) is 0 Å². The molecule has 1 aliphatic rings. The third-order valence-electron chi connectivity index (χ3n) is 6.88. The van der Waals surface area contributed by atoms with Gasteiger partial charge in [-0.05, 0) is 67.1 Å². The van der Waals surface area contributed by atoms with Gasteiger partial charge in [0.2, 0.25) is 10.0 Å². The lowest BCUT2D eigenvalue weighted by atomic mass is 9.99. The first-order valence-corrected chi connectivity index (χ1v) is 14.6. The summed E-state index contributed by atoms with van der Waals surface area (Å²) in [6.45, 7) is 6.71. The lowest BCUT2D eigenvalue weighted by molar-refractivity contribution is 0.447. The highest BCUT2D eigenvalue weighted by molar-refractivity contribution is 7.89. The van der Waals surface area contributed by atoms with Crippen molar-refractivity contribution in [1.29, 1.82) is 0 Å². The third kappa shape index (κ3) is 5.26. The van der Waals surface area contributed by atoms with E-state index in [2.05, 4.69) is 28.7 Å². The fraction of sp³-hybridized carbons (Fsp3) is 0.321. The zero-order valence-electron chi connectivity index (χ0n) is 20.6. The van der Waals surface area contributed by atoms with Crippen LogP contribution in [0.15, 0.2) is 82.5 Å². The number of nitrogens with one attached hydrogen (secondary N) is 1. The Labute approximate surface area is 216 Å². The van der Waals surface area contributed by atoms with E-state index in [1.807, 2.05) is 49.4 Å². The van der Waals surface area contributed by atoms with Crippen molar-refractivity contribution in [1.82, 2.24) is 9.29 Å². The smallest absolute Gasteiger partial charge is 0.308 e. The summed E-state index contributed by atoms with van der Waals surface area (Å²) < 4.78 is 31.5. The van der Waals surface area contributed by atoms with Crippen LogP contribution in [-0.4, -0.2) is 26.1 Å². The summed E-state index contributed by atoms with van der Waals surface area (Å²) in [6.07, 6.45) is 2.47. The average molecular weight is 522 g/mol. The van der Waals surface area contributed by atoms with Crippen LogP contribution in [0.5, 0.6) is 0 Å². The third-order valence-corrected chi connectivity index (χ3v) is 9.36. The van der Waals surface area contributed by atoms with Crippen LogP contribution in [0.25, 0.3) is 10.2 Å². The van der Waals surface area contributed by atoms with Crippen LogP contribution in [0.1, 0.15) is 43.9 Å². The van der Waals surface area contributed by atoms with Crippen molar-refractivity contribution in [3.63, 3.8) is 0 Å². The highest BCUT2D eigenvalue weighted by atomic mass is 32.2. The molecule has 0 unspecified atom stereocenters. The van der Waals surface area contributed by atoms with E-state index in [-0.39, 0.29) is 15.8 Å². The molecular formula is C28H31N3O3S2. The minimum atomic E-state index is -3.76. The van der Waals surface area contributed by atoms with Gasteiger partial charge in [-0.15, -0.1) is 0 Å². The Hall–Kier alpha value is -2.94. The molecule has 0 aliphatic carbocycles. The molecule has 1 N–H and O–H groups in total. The predicted octanol–water partition coefficient (Wildman–Crippen LogP) is 5.39. The van der Waals surface area contributed by atoms with Crippen LogP contribution in [-0.2, 0) is 16.6 Å². The van der Waals surface area contributed by atoms with Crippen molar-refractivity contribution in [2.75, 3.05) is 18.0 Å². The Kier molecular flexibility index (Phi) is 7.01. The summed E-state index contributed by atoms with van der Waals surface area (Å²) in [4.78, 5) is 15.1. The molecule has 0 radical (unpaired) electrons. The minimum absolute atomic E-state index is 0.104. The van der Waals surface area contributed by atoms with Crippen LogP contribution in [0.4, 0.5) is 5.69 Å². The number of hydrogen-bond donors (Lipinski definition) is 1. The van der Waals surface area contributed by atoms with E-state index in [9.17, 15) is 13.2 Å². The summed E-state index contributed by atoms with van der Waals surface area (Å²) in [5.41, 5.74) is 3.85. The van der Waals surface area contributed by atoms with E-state index < -0.39 is 10.0 Å². The zero-order valence-corrected chi connectivity index (χ0v) is 22.2. The molecule has 0 amide bonds. The van der Waals surface area contributed by atoms with Crippen molar-refractivity contribution in [2.24, 2.45) is 5.92 Å². The first-order chi connectivity index (χ1) is 17.3. The Bertz CT molecular complexity index is 1510. The van der Waals surface area contributed by atoms with Crippen LogP contribution in [0.3, 0.4) is 0 Å². The van der Waals surface area contributed by atoms with Crippen molar-refractivity contribution in [3.05, 3.63) is 93.6 Å². The Balaban J connectivity index is 1.33. The second-order valence-electron chi connectivity index (χ2n) is 9.70. The van der Waals surface area contributed by atoms with Gasteiger partial charge < -0.3 is 4.90 Å². The van der Waals surface area contributed by atoms with Crippen LogP contribution in [0.2, 0.25) is 0 Å². The molecule has 1 aliphatic heterocycles. The van der Waals surface area contributed by atoms with Gasteiger partial charge in [-0.1, -0.05) is 60.7 Å². The largest absolute Gasteiger partial charge is 0.371 e. The van der Waals surface area contributed by atoms with Gasteiger partial charge in [-0.2, -0.15) is 0 Å². The molecule has 8 heteroatoms. The molecule has 0 saturated carbocycles. The Morgan fingerprint density at radius 3 is 2.53 bits per heavy atom. The van der Waals surface area contributed by atoms with Gasteiger partial charge in [0, 0.05) is 24.8 Å². The summed E-state index contributed by atoms with van der Waals surface area (Å²) in [5, 5.41) is 0. The van der Waals surface area contributed by atoms with E-state index in [1.165, 1.54) is 18.5 Å². The number of thiazole rings is 1. The van der Waals surface area contributed by atoms with Gasteiger partial charge in [-0.25, -0.2) is 13.1 Å². The van der Waals surface area contributed by atoms with Gasteiger partial charge in [0.05, 0.1) is 21.7 Å². The summed E-state index contributed by atoms with van der Waals surface area (Å²) >= 11 is 1.07. The maximum Gasteiger partial charge on any atom is 0.308 e. The molecule has 4 aromatic rings. The number of anilines is 1. The highest BCUT2D eigenvalue weighted by Crippen LogP contribution is 2.27. The van der Waals surface area contributed by atoms with E-state index >= 15 is 0 Å². The van der Waals surface area contributed by atoms with Crippen molar-refractivity contribution in [2.45, 2.75) is 44.2 Å². The number of aromatic nitrogens is 1.